The summed E-state index contributed by atoms with van der Waals surface area (Å²) in [6, 6.07) is 11.5. The van der Waals surface area contributed by atoms with Crippen LogP contribution in [0.15, 0.2) is 55.0 Å². The molecule has 0 aliphatic carbocycles. The van der Waals surface area contributed by atoms with Gasteiger partial charge in [-0.1, -0.05) is 12.1 Å². The maximum absolute atomic E-state index is 12.7. The van der Waals surface area contributed by atoms with E-state index in [4.69, 9.17) is 16.9 Å². The molecule has 0 amide bonds. The number of carbonyl (C=O) groups is 1. The summed E-state index contributed by atoms with van der Waals surface area (Å²) >= 11 is 0. The topological polar surface area (TPSA) is 122 Å². The number of aromatic nitrogens is 2. The predicted molar refractivity (Wildman–Crippen MR) is 131 cm³/mol. The van der Waals surface area contributed by atoms with Gasteiger partial charge in [0.25, 0.3) is 0 Å². The Labute approximate surface area is 194 Å². The molecule has 1 saturated heterocycles. The van der Waals surface area contributed by atoms with Crippen LogP contribution < -0.4 is 11.5 Å². The van der Waals surface area contributed by atoms with Crippen molar-refractivity contribution >= 4 is 17.2 Å². The highest BCUT2D eigenvalue weighted by atomic mass is 16.1. The zero-order valence-corrected chi connectivity index (χ0v) is 18.8. The molecule has 0 bridgehead atoms. The maximum atomic E-state index is 12.7. The Hall–Kier alpha value is -3.42. The SMILES string of the molecule is N=C(C(=O)CCCc1ccc(CN2CCC2)nc1)c1cc(-c2cncc(CN)c2)ccc1N. The van der Waals surface area contributed by atoms with Gasteiger partial charge in [0, 0.05) is 54.9 Å². The van der Waals surface area contributed by atoms with Crippen LogP contribution >= 0.6 is 0 Å². The third-order valence-corrected chi connectivity index (χ3v) is 6.05. The Bertz CT molecular complexity index is 1140. The highest BCUT2D eigenvalue weighted by Gasteiger charge is 2.16. The van der Waals surface area contributed by atoms with E-state index < -0.39 is 0 Å². The average molecular weight is 443 g/mol. The standard InChI is InChI=1S/C26H30N6O/c27-13-19-11-21(16-30-14-19)20-6-8-24(28)23(12-20)26(29)25(33)4-1-3-18-5-7-22(31-15-18)17-32-9-2-10-32/h5-8,11-12,14-16,29H,1-4,9-10,13,17,27-28H2. The molecule has 170 valence electrons. The summed E-state index contributed by atoms with van der Waals surface area (Å²) in [5, 5.41) is 8.43. The van der Waals surface area contributed by atoms with Crippen LogP contribution in [0.3, 0.4) is 0 Å². The first-order valence-electron chi connectivity index (χ1n) is 11.4. The van der Waals surface area contributed by atoms with E-state index in [1.807, 2.05) is 18.3 Å². The summed E-state index contributed by atoms with van der Waals surface area (Å²) < 4.78 is 0. The van der Waals surface area contributed by atoms with Gasteiger partial charge in [-0.05, 0) is 73.3 Å². The molecule has 4 rings (SSSR count). The fourth-order valence-corrected chi connectivity index (χ4v) is 3.90. The van der Waals surface area contributed by atoms with Crippen molar-refractivity contribution in [2.24, 2.45) is 5.73 Å². The molecule has 7 nitrogen and oxygen atoms in total. The monoisotopic (exact) mass is 442 g/mol. The summed E-state index contributed by atoms with van der Waals surface area (Å²) in [7, 11) is 0. The van der Waals surface area contributed by atoms with Crippen LogP contribution in [0.1, 0.15) is 41.6 Å². The number of Topliss-reactive ketones (excluding diaryl/α,β-unsaturated/α-hetero) is 1. The molecule has 3 aromatic rings. The number of hydrogen-bond acceptors (Lipinski definition) is 7. The minimum atomic E-state index is -0.213. The molecule has 7 heteroatoms. The largest absolute Gasteiger partial charge is 0.398 e. The Morgan fingerprint density at radius 2 is 1.88 bits per heavy atom. The Kier molecular flexibility index (Phi) is 7.22. The number of nitrogens with zero attached hydrogens (tertiary/aromatic N) is 3. The fraction of sp³-hybridized carbons (Fsp3) is 0.308. The molecule has 2 aromatic heterocycles. The second kappa shape index (κ2) is 10.5. The lowest BCUT2D eigenvalue weighted by atomic mass is 9.96. The van der Waals surface area contributed by atoms with E-state index in [0.717, 1.165) is 54.0 Å². The molecule has 33 heavy (non-hydrogen) atoms. The number of nitrogen functional groups attached to an aromatic ring is 1. The number of likely N-dealkylation sites (tertiary alicyclic amines) is 1. The molecular formula is C26H30N6O. The predicted octanol–water partition coefficient (Wildman–Crippen LogP) is 3.35. The maximum Gasteiger partial charge on any atom is 0.181 e. The summed E-state index contributed by atoms with van der Waals surface area (Å²) in [5.41, 5.74) is 17.5. The number of aryl methyl sites for hydroxylation is 1. The van der Waals surface area contributed by atoms with E-state index in [1.165, 1.54) is 6.42 Å². The van der Waals surface area contributed by atoms with Crippen LogP contribution in [0.4, 0.5) is 5.69 Å². The molecule has 1 aromatic carbocycles. The van der Waals surface area contributed by atoms with Gasteiger partial charge in [0.2, 0.25) is 0 Å². The second-order valence-electron chi connectivity index (χ2n) is 8.53. The molecule has 1 aliphatic rings. The number of anilines is 1. The van der Waals surface area contributed by atoms with Gasteiger partial charge in [-0.15, -0.1) is 0 Å². The van der Waals surface area contributed by atoms with Crippen molar-refractivity contribution in [2.75, 3.05) is 18.8 Å². The molecule has 0 unspecified atom stereocenters. The van der Waals surface area contributed by atoms with Crippen molar-refractivity contribution in [3.05, 3.63) is 77.4 Å². The van der Waals surface area contributed by atoms with Gasteiger partial charge in [0.15, 0.2) is 5.78 Å². The highest BCUT2D eigenvalue weighted by Crippen LogP contribution is 2.25. The zero-order valence-electron chi connectivity index (χ0n) is 18.8. The summed E-state index contributed by atoms with van der Waals surface area (Å²) in [6.45, 7) is 3.61. The number of pyridine rings is 2. The van der Waals surface area contributed by atoms with E-state index in [1.54, 1.807) is 24.5 Å². The fourth-order valence-electron chi connectivity index (χ4n) is 3.90. The molecule has 0 saturated carbocycles. The zero-order chi connectivity index (χ0) is 23.2. The van der Waals surface area contributed by atoms with Crippen LogP contribution in [-0.2, 0) is 24.3 Å². The lowest BCUT2D eigenvalue weighted by Crippen LogP contribution is -2.36. The molecule has 0 atom stereocenters. The number of ketones is 1. The smallest absolute Gasteiger partial charge is 0.181 e. The van der Waals surface area contributed by atoms with Crippen molar-refractivity contribution in [1.29, 1.82) is 5.41 Å². The van der Waals surface area contributed by atoms with E-state index in [0.29, 0.717) is 30.6 Å². The Morgan fingerprint density at radius 3 is 2.58 bits per heavy atom. The van der Waals surface area contributed by atoms with Crippen LogP contribution in [0.5, 0.6) is 0 Å². The van der Waals surface area contributed by atoms with E-state index in [9.17, 15) is 4.79 Å². The number of hydrogen-bond donors (Lipinski definition) is 3. The highest BCUT2D eigenvalue weighted by molar-refractivity contribution is 6.46. The lowest BCUT2D eigenvalue weighted by Gasteiger charge is -2.30. The summed E-state index contributed by atoms with van der Waals surface area (Å²) in [6.07, 6.45) is 8.35. The van der Waals surface area contributed by atoms with Crippen LogP contribution in [0.25, 0.3) is 11.1 Å². The normalized spacial score (nSPS) is 13.5. The minimum Gasteiger partial charge on any atom is -0.398 e. The molecule has 3 heterocycles. The molecule has 1 aliphatic heterocycles. The van der Waals surface area contributed by atoms with Gasteiger partial charge in [-0.2, -0.15) is 0 Å². The van der Waals surface area contributed by atoms with Crippen molar-refractivity contribution in [1.82, 2.24) is 14.9 Å². The molecule has 0 spiro atoms. The number of benzene rings is 1. The third-order valence-electron chi connectivity index (χ3n) is 6.05. The van der Waals surface area contributed by atoms with Gasteiger partial charge in [-0.25, -0.2) is 0 Å². The molecule has 1 fully saturated rings. The lowest BCUT2D eigenvalue weighted by molar-refractivity contribution is -0.113. The molecule has 5 N–H and O–H groups in total. The van der Waals surface area contributed by atoms with E-state index in [2.05, 4.69) is 27.0 Å². The van der Waals surface area contributed by atoms with Crippen LogP contribution in [-0.4, -0.2) is 39.5 Å². The second-order valence-corrected chi connectivity index (χ2v) is 8.53. The molecule has 0 radical (unpaired) electrons. The van der Waals surface area contributed by atoms with Crippen molar-refractivity contribution in [2.45, 2.75) is 38.8 Å². The van der Waals surface area contributed by atoms with Gasteiger partial charge in [0.05, 0.1) is 5.69 Å². The summed E-state index contributed by atoms with van der Waals surface area (Å²) in [4.78, 5) is 23.9. The van der Waals surface area contributed by atoms with Gasteiger partial charge >= 0.3 is 0 Å². The van der Waals surface area contributed by atoms with Gasteiger partial charge in [0.1, 0.15) is 5.71 Å². The van der Waals surface area contributed by atoms with E-state index in [-0.39, 0.29) is 11.5 Å². The van der Waals surface area contributed by atoms with Gasteiger partial charge in [-0.3, -0.25) is 25.1 Å². The molecular weight excluding hydrogens is 412 g/mol. The third kappa shape index (κ3) is 5.69. The van der Waals surface area contributed by atoms with Crippen molar-refractivity contribution in [3.63, 3.8) is 0 Å². The number of rotatable bonds is 10. The van der Waals surface area contributed by atoms with Crippen LogP contribution in [0, 0.1) is 5.41 Å². The first kappa shape index (κ1) is 22.8. The summed E-state index contributed by atoms with van der Waals surface area (Å²) in [5.74, 6) is -0.213. The number of carbonyl (C=O) groups excluding carboxylic acids is 1. The van der Waals surface area contributed by atoms with Crippen molar-refractivity contribution < 1.29 is 4.79 Å². The Morgan fingerprint density at radius 1 is 1.03 bits per heavy atom. The number of nitrogens with one attached hydrogen (secondary N) is 1. The van der Waals surface area contributed by atoms with Gasteiger partial charge < -0.3 is 11.5 Å². The average Bonchev–Trinajstić information content (AvgIpc) is 2.82. The first-order chi connectivity index (χ1) is 16.0. The Balaban J connectivity index is 1.35. The quantitative estimate of drug-likeness (QED) is 0.327. The van der Waals surface area contributed by atoms with Crippen LogP contribution in [0.2, 0.25) is 0 Å². The van der Waals surface area contributed by atoms with Crippen molar-refractivity contribution in [3.8, 4) is 11.1 Å². The first-order valence-corrected chi connectivity index (χ1v) is 11.4. The minimum absolute atomic E-state index is 0.0553. The number of nitrogens with two attached hydrogens (primary N) is 2. The van der Waals surface area contributed by atoms with E-state index >= 15 is 0 Å².